The van der Waals surface area contributed by atoms with E-state index in [4.69, 9.17) is 23.8 Å². The number of benzene rings is 3. The first kappa shape index (κ1) is 18.8. The average Bonchev–Trinajstić information content (AvgIpc) is 2.66. The molecule has 136 valence electrons. The van der Waals surface area contributed by atoms with Crippen LogP contribution in [-0.4, -0.2) is 11.0 Å². The Balaban J connectivity index is 1.73. The summed E-state index contributed by atoms with van der Waals surface area (Å²) in [7, 11) is 0. The zero-order valence-electron chi connectivity index (χ0n) is 14.0. The van der Waals surface area contributed by atoms with Gasteiger partial charge < -0.3 is 16.0 Å². The standard InChI is InChI=1S/C20H15ClFN3OS/c21-16-6-2-4-8-18(16)25-20(27)24-17-7-3-1-5-15(17)19(26)23-14-11-9-13(22)10-12-14/h1-12H,(H,23,26)(H2,24,25,27). The number of carbonyl (C=O) groups is 1. The molecular formula is C20H15ClFN3OS. The zero-order valence-corrected chi connectivity index (χ0v) is 15.6. The second-order valence-electron chi connectivity index (χ2n) is 5.57. The van der Waals surface area contributed by atoms with Crippen molar-refractivity contribution < 1.29 is 9.18 Å². The predicted molar refractivity (Wildman–Crippen MR) is 112 cm³/mol. The number of hydrogen-bond donors (Lipinski definition) is 3. The number of anilines is 3. The SMILES string of the molecule is O=C(Nc1ccc(F)cc1)c1ccccc1NC(=S)Nc1ccccc1Cl. The summed E-state index contributed by atoms with van der Waals surface area (Å²) in [5, 5.41) is 9.55. The van der Waals surface area contributed by atoms with Gasteiger partial charge in [-0.05, 0) is 60.7 Å². The number of rotatable bonds is 4. The molecule has 0 fully saturated rings. The Bertz CT molecular complexity index is 979. The molecule has 4 nitrogen and oxygen atoms in total. The minimum Gasteiger partial charge on any atom is -0.332 e. The van der Waals surface area contributed by atoms with E-state index in [1.54, 1.807) is 36.4 Å². The van der Waals surface area contributed by atoms with Gasteiger partial charge in [-0.15, -0.1) is 0 Å². The second kappa shape index (κ2) is 8.62. The van der Waals surface area contributed by atoms with Crippen molar-refractivity contribution in [1.82, 2.24) is 0 Å². The number of halogens is 2. The van der Waals surface area contributed by atoms with Crippen molar-refractivity contribution in [1.29, 1.82) is 0 Å². The van der Waals surface area contributed by atoms with Crippen LogP contribution in [0, 0.1) is 5.82 Å². The van der Waals surface area contributed by atoms with Crippen LogP contribution >= 0.6 is 23.8 Å². The lowest BCUT2D eigenvalue weighted by Crippen LogP contribution is -2.22. The number of carbonyl (C=O) groups excluding carboxylic acids is 1. The van der Waals surface area contributed by atoms with Gasteiger partial charge in [-0.3, -0.25) is 4.79 Å². The van der Waals surface area contributed by atoms with Crippen LogP contribution in [0.4, 0.5) is 21.5 Å². The van der Waals surface area contributed by atoms with Crippen LogP contribution in [0.25, 0.3) is 0 Å². The highest BCUT2D eigenvalue weighted by molar-refractivity contribution is 7.80. The van der Waals surface area contributed by atoms with Gasteiger partial charge in [0.25, 0.3) is 5.91 Å². The maximum absolute atomic E-state index is 13.0. The summed E-state index contributed by atoms with van der Waals surface area (Å²) in [6.07, 6.45) is 0. The van der Waals surface area contributed by atoms with Crippen LogP contribution in [0.2, 0.25) is 5.02 Å². The number of amides is 1. The van der Waals surface area contributed by atoms with Crippen molar-refractivity contribution in [3.63, 3.8) is 0 Å². The number of nitrogens with one attached hydrogen (secondary N) is 3. The molecule has 0 aliphatic rings. The van der Waals surface area contributed by atoms with Gasteiger partial charge in [0, 0.05) is 5.69 Å². The normalized spacial score (nSPS) is 10.1. The van der Waals surface area contributed by atoms with Crippen molar-refractivity contribution in [2.75, 3.05) is 16.0 Å². The van der Waals surface area contributed by atoms with E-state index in [1.807, 2.05) is 12.1 Å². The van der Waals surface area contributed by atoms with Gasteiger partial charge in [-0.25, -0.2) is 4.39 Å². The molecule has 3 aromatic rings. The third kappa shape index (κ3) is 5.03. The summed E-state index contributed by atoms with van der Waals surface area (Å²) < 4.78 is 13.0. The molecule has 0 spiro atoms. The molecule has 0 radical (unpaired) electrons. The van der Waals surface area contributed by atoms with Crippen LogP contribution in [0.5, 0.6) is 0 Å². The fraction of sp³-hybridized carbons (Fsp3) is 0. The molecule has 0 atom stereocenters. The fourth-order valence-electron chi connectivity index (χ4n) is 2.36. The topological polar surface area (TPSA) is 53.2 Å². The van der Waals surface area contributed by atoms with Crippen LogP contribution in [0.3, 0.4) is 0 Å². The Morgan fingerprint density at radius 3 is 2.11 bits per heavy atom. The van der Waals surface area contributed by atoms with Crippen LogP contribution < -0.4 is 16.0 Å². The van der Waals surface area contributed by atoms with Gasteiger partial charge in [0.05, 0.1) is 22.0 Å². The van der Waals surface area contributed by atoms with Gasteiger partial charge in [-0.1, -0.05) is 35.9 Å². The largest absolute Gasteiger partial charge is 0.332 e. The van der Waals surface area contributed by atoms with Gasteiger partial charge in [0.2, 0.25) is 0 Å². The molecule has 1 amide bonds. The summed E-state index contributed by atoms with van der Waals surface area (Å²) in [6.45, 7) is 0. The number of thiocarbonyl (C=S) groups is 1. The Morgan fingerprint density at radius 2 is 1.41 bits per heavy atom. The molecule has 0 saturated carbocycles. The first-order chi connectivity index (χ1) is 13.0. The molecule has 3 aromatic carbocycles. The maximum Gasteiger partial charge on any atom is 0.257 e. The summed E-state index contributed by atoms with van der Waals surface area (Å²) in [5.41, 5.74) is 2.07. The molecule has 0 unspecified atom stereocenters. The fourth-order valence-corrected chi connectivity index (χ4v) is 2.76. The smallest absolute Gasteiger partial charge is 0.257 e. The van der Waals surface area contributed by atoms with E-state index < -0.39 is 0 Å². The van der Waals surface area contributed by atoms with E-state index in [1.165, 1.54) is 24.3 Å². The first-order valence-corrected chi connectivity index (χ1v) is 8.80. The summed E-state index contributed by atoms with van der Waals surface area (Å²) >= 11 is 11.4. The lowest BCUT2D eigenvalue weighted by molar-refractivity contribution is 0.102. The lowest BCUT2D eigenvalue weighted by Gasteiger charge is -2.14. The van der Waals surface area contributed by atoms with Gasteiger partial charge in [0.1, 0.15) is 5.82 Å². The number of para-hydroxylation sites is 2. The van der Waals surface area contributed by atoms with Crippen LogP contribution in [0.1, 0.15) is 10.4 Å². The van der Waals surface area contributed by atoms with Crippen molar-refractivity contribution in [2.24, 2.45) is 0 Å². The molecule has 0 aliphatic carbocycles. The van der Waals surface area contributed by atoms with Gasteiger partial charge >= 0.3 is 0 Å². The third-order valence-electron chi connectivity index (χ3n) is 3.64. The van der Waals surface area contributed by atoms with E-state index in [2.05, 4.69) is 16.0 Å². The Morgan fingerprint density at radius 1 is 0.815 bits per heavy atom. The highest BCUT2D eigenvalue weighted by Crippen LogP contribution is 2.22. The van der Waals surface area contributed by atoms with Crippen molar-refractivity contribution in [3.8, 4) is 0 Å². The Kier molecular flexibility index (Phi) is 6.01. The molecule has 27 heavy (non-hydrogen) atoms. The quantitative estimate of drug-likeness (QED) is 0.504. The summed E-state index contributed by atoms with van der Waals surface area (Å²) in [6, 6.07) is 19.7. The minimum atomic E-state index is -0.369. The minimum absolute atomic E-state index is 0.296. The Labute approximate surface area is 166 Å². The van der Waals surface area contributed by atoms with Gasteiger partial charge in [0.15, 0.2) is 5.11 Å². The van der Waals surface area contributed by atoms with Crippen molar-refractivity contribution in [3.05, 3.63) is 89.2 Å². The second-order valence-corrected chi connectivity index (χ2v) is 6.38. The zero-order chi connectivity index (χ0) is 19.2. The molecule has 3 N–H and O–H groups in total. The Hall–Kier alpha value is -2.96. The molecule has 3 rings (SSSR count). The molecule has 0 aliphatic heterocycles. The van der Waals surface area contributed by atoms with Gasteiger partial charge in [-0.2, -0.15) is 0 Å². The predicted octanol–water partition coefficient (Wildman–Crippen LogP) is 5.54. The lowest BCUT2D eigenvalue weighted by atomic mass is 10.1. The van der Waals surface area contributed by atoms with E-state index in [0.717, 1.165) is 0 Å². The summed E-state index contributed by atoms with van der Waals surface area (Å²) in [4.78, 5) is 12.6. The molecule has 0 bridgehead atoms. The monoisotopic (exact) mass is 399 g/mol. The maximum atomic E-state index is 13.0. The van der Waals surface area contributed by atoms with Crippen LogP contribution in [-0.2, 0) is 0 Å². The highest BCUT2D eigenvalue weighted by Gasteiger charge is 2.13. The highest BCUT2D eigenvalue weighted by atomic mass is 35.5. The molecule has 0 saturated heterocycles. The third-order valence-corrected chi connectivity index (χ3v) is 4.18. The van der Waals surface area contributed by atoms with E-state index in [9.17, 15) is 9.18 Å². The first-order valence-electron chi connectivity index (χ1n) is 8.01. The molecule has 7 heteroatoms. The molecule has 0 heterocycles. The molecule has 0 aromatic heterocycles. The van der Waals surface area contributed by atoms with E-state index in [-0.39, 0.29) is 11.7 Å². The average molecular weight is 400 g/mol. The number of hydrogen-bond acceptors (Lipinski definition) is 2. The van der Waals surface area contributed by atoms with E-state index >= 15 is 0 Å². The molecular weight excluding hydrogens is 385 g/mol. The van der Waals surface area contributed by atoms with Crippen LogP contribution in [0.15, 0.2) is 72.8 Å². The van der Waals surface area contributed by atoms with Crippen molar-refractivity contribution in [2.45, 2.75) is 0 Å². The summed E-state index contributed by atoms with van der Waals surface area (Å²) in [5.74, 6) is -0.712. The van der Waals surface area contributed by atoms with E-state index in [0.29, 0.717) is 32.8 Å². The van der Waals surface area contributed by atoms with Crippen molar-refractivity contribution >= 4 is 51.9 Å².